The zero-order chi connectivity index (χ0) is 89.2. The number of pyridine rings is 1. The second-order valence-electron chi connectivity index (χ2n) is 26.8. The molecule has 0 spiro atoms. The van der Waals surface area contributed by atoms with Crippen LogP contribution in [0.25, 0.3) is 106 Å². The van der Waals surface area contributed by atoms with Crippen LogP contribution in [0.5, 0.6) is 11.5 Å². The molecule has 16 rings (SSSR count). The first-order valence-corrected chi connectivity index (χ1v) is 33.2. The largest absolute Gasteiger partial charge is 0.510 e. The topological polar surface area (TPSA) is 35.9 Å². The minimum absolute atomic E-state index is 0. The van der Waals surface area contributed by atoms with E-state index in [9.17, 15) is 32.9 Å². The molecule has 7 heteroatoms. The van der Waals surface area contributed by atoms with Gasteiger partial charge in [-0.15, -0.1) is 29.7 Å². The summed E-state index contributed by atoms with van der Waals surface area (Å²) in [6, 6.07) is 12.7. The number of nitrogens with zero attached hydrogens (tertiary/aromatic N) is 4. The Morgan fingerprint density at radius 3 is 1.63 bits per heavy atom. The van der Waals surface area contributed by atoms with Gasteiger partial charge in [0.15, 0.2) is 8.07 Å². The summed E-state index contributed by atoms with van der Waals surface area (Å²) in [7, 11) is -6.52. The maximum atomic E-state index is 11.2. The number of hydrogen-bond donors (Lipinski definition) is 0. The van der Waals surface area contributed by atoms with Crippen LogP contribution in [0.2, 0.25) is 0 Å². The van der Waals surface area contributed by atoms with E-state index < -0.39 is 225 Å². The molecule has 0 amide bonds. The zero-order valence-corrected chi connectivity index (χ0v) is 57.3. The Bertz CT molecular complexity index is 6950. The van der Waals surface area contributed by atoms with Crippen molar-refractivity contribution in [1.82, 2.24) is 14.1 Å². The van der Waals surface area contributed by atoms with Crippen LogP contribution in [0.3, 0.4) is 0 Å². The van der Waals surface area contributed by atoms with Crippen molar-refractivity contribution in [3.8, 4) is 84.3 Å². The fourth-order valence-corrected chi connectivity index (χ4v) is 16.4. The Morgan fingerprint density at radius 2 is 1.00 bits per heavy atom. The molecule has 0 saturated carbocycles. The molecular weight excluding hydrogens is 1380 g/mol. The molecule has 0 saturated heterocycles. The van der Waals surface area contributed by atoms with Crippen molar-refractivity contribution in [3.63, 3.8) is 0 Å². The number of benzene rings is 12. The molecule has 0 N–H and O–H groups in total. The van der Waals surface area contributed by atoms with E-state index in [4.69, 9.17) is 13.8 Å². The second-order valence-corrected chi connectivity index (χ2v) is 30.3. The molecule has 0 aliphatic carbocycles. The van der Waals surface area contributed by atoms with Crippen molar-refractivity contribution >= 4 is 61.7 Å². The number of fused-ring (bicyclic) bond motifs is 10. The van der Waals surface area contributed by atoms with Crippen molar-refractivity contribution in [2.24, 2.45) is 0 Å². The molecule has 0 unspecified atom stereocenters. The number of aromatic nitrogens is 4. The van der Waals surface area contributed by atoms with Gasteiger partial charge in [0.25, 0.3) is 6.33 Å². The minimum Gasteiger partial charge on any atom is -0.510 e. The first kappa shape index (κ1) is 39.1. The van der Waals surface area contributed by atoms with Gasteiger partial charge in [-0.2, -0.15) is 18.2 Å². The van der Waals surface area contributed by atoms with Crippen molar-refractivity contribution in [2.75, 3.05) is 0 Å². The normalized spacial score (nSPS) is 16.2. The van der Waals surface area contributed by atoms with Crippen molar-refractivity contribution in [1.29, 1.82) is 0 Å². The van der Waals surface area contributed by atoms with Gasteiger partial charge in [0.05, 0.1) is 53.7 Å². The van der Waals surface area contributed by atoms with Gasteiger partial charge in [-0.05, 0) is 145 Å². The van der Waals surface area contributed by atoms with Crippen LogP contribution in [-0.2, 0) is 37.3 Å². The predicted octanol–water partition coefficient (Wildman–Crippen LogP) is 19.5. The van der Waals surface area contributed by atoms with Crippen LogP contribution in [0, 0.1) is 18.5 Å². The molecule has 0 radical (unpaired) electrons. The third kappa shape index (κ3) is 11.0. The summed E-state index contributed by atoms with van der Waals surface area (Å²) < 4.78 is 276. The fourth-order valence-electron chi connectivity index (χ4n) is 12.8. The van der Waals surface area contributed by atoms with Gasteiger partial charge >= 0.3 is 0 Å². The maximum absolute atomic E-state index is 11.2. The van der Waals surface area contributed by atoms with Gasteiger partial charge < -0.3 is 13.9 Å². The first-order chi connectivity index (χ1) is 57.7. The van der Waals surface area contributed by atoms with E-state index >= 15 is 0 Å². The summed E-state index contributed by atoms with van der Waals surface area (Å²) in [6.45, 7) is 18.3. The molecule has 97 heavy (non-hydrogen) atoms. The van der Waals surface area contributed by atoms with E-state index in [1.54, 1.807) is 41.1 Å². The van der Waals surface area contributed by atoms with Gasteiger partial charge in [0.1, 0.15) is 5.82 Å². The molecular formula is C90H74N4OPtSi-2. The van der Waals surface area contributed by atoms with Gasteiger partial charge in [0, 0.05) is 44.3 Å². The van der Waals surface area contributed by atoms with Crippen molar-refractivity contribution in [2.45, 2.75) is 78.6 Å². The Labute approximate surface area is 623 Å². The number of ether oxygens (including phenoxy) is 1. The smallest absolute Gasteiger partial charge is 0.268 e. The Balaban J connectivity index is 0.0000119. The Kier molecular flexibility index (Phi) is 9.85. The SMILES string of the molecule is [2H]c1c([2H])c([2H])c([Si](c2c([2H])c([2H])c([2H])c([2H])c2[2H])(c2c([2H])c([2H])c([2H])c([2H])c2[2H])c2c([2H])c([2H])c([2H])c(-c3cc4c5c(c3)n(-c3[c-]c(Oc6[c-]c7c(cc6)c6ccccc6n7-c6cc(C(C)(C)C)ccn6)ccc3)[c-][n+]5-c3c(-c5ccc(C(C)(C)C)cc5)cc(C(C)(C)C)cc3-c3c([2H])c([2H])c([2H])c([2H])c3-c3c([2H])c([2H])c([2H])c([2H])c3-4)c2[2H])c([2H])c1[2H].[Pt]. The van der Waals surface area contributed by atoms with E-state index in [2.05, 4.69) is 39.2 Å². The van der Waals surface area contributed by atoms with Crippen LogP contribution in [0.4, 0.5) is 0 Å². The third-order valence-electron chi connectivity index (χ3n) is 17.7. The van der Waals surface area contributed by atoms with Crippen LogP contribution >= 0.6 is 0 Å². The molecule has 3 aromatic heterocycles. The molecule has 4 heterocycles. The van der Waals surface area contributed by atoms with Crippen LogP contribution in [-0.4, -0.2) is 22.2 Å². The second kappa shape index (κ2) is 24.4. The molecule has 476 valence electrons. The van der Waals surface area contributed by atoms with Gasteiger partial charge in [-0.1, -0.05) is 292 Å². The Hall–Kier alpha value is -10.2. The van der Waals surface area contributed by atoms with E-state index in [1.165, 1.54) is 16.7 Å². The third-order valence-corrected chi connectivity index (χ3v) is 21.7. The average molecular weight is 1480 g/mol. The van der Waals surface area contributed by atoms with Crippen molar-refractivity contribution < 1.29 is 67.4 Å². The van der Waals surface area contributed by atoms with E-state index in [-0.39, 0.29) is 82.5 Å². The molecule has 0 atom stereocenters. The Morgan fingerprint density at radius 1 is 0.433 bits per heavy atom. The average Bonchev–Trinajstić information content (AvgIpc) is 1.50. The summed E-state index contributed by atoms with van der Waals surface area (Å²) >= 11 is 0. The number of hydrogen-bond acceptors (Lipinski definition) is 2. The standard InChI is InChI=1S/C90H74N4OSi.Pt/c1-88(2,3)63-45-43-60(44-46-63)79-54-65(90(7,8)9)55-81-76-40-22-20-38-74(76)73-37-19-21-39-75(73)80-52-62(61-27-25-36-72(51-61)96(69-30-13-10-14-31-69,70-32-15-11-16-33-70)71-34-17-12-18-35-71)53-84-87(80)93(86(79)81)59-92(84)66-28-26-29-67(57-66)95-68-47-48-78-77-41-23-24-42-82(77)94(83(78)58-68)85-56-64(49-50-91-85)89(4,5)6;/h10-56H,1-9H3;/q-2;/i10D,11D,12D,13D,14D,15D,16D,17D,18D,19D,20D,21D,22D,25D,27D,30D,31D,32D,33D,34D,35D,36D,37D,38D,39D,40D,51D;. The summed E-state index contributed by atoms with van der Waals surface area (Å²) in [5.74, 6) is 0.874. The summed E-state index contributed by atoms with van der Waals surface area (Å²) in [5.41, 5.74) is 0.673. The van der Waals surface area contributed by atoms with E-state index in [0.29, 0.717) is 28.0 Å². The molecule has 12 aromatic carbocycles. The van der Waals surface area contributed by atoms with Gasteiger partial charge in [-0.25, -0.2) is 4.98 Å². The summed E-state index contributed by atoms with van der Waals surface area (Å²) in [5, 5.41) is -2.66. The predicted molar refractivity (Wildman–Crippen MR) is 400 cm³/mol. The summed E-state index contributed by atoms with van der Waals surface area (Å²) in [6.07, 6.45) is 5.33. The molecule has 1 aliphatic heterocycles. The van der Waals surface area contributed by atoms with E-state index in [1.807, 2.05) is 119 Å². The maximum Gasteiger partial charge on any atom is 0.268 e. The summed E-state index contributed by atoms with van der Waals surface area (Å²) in [4.78, 5) is 4.86. The fraction of sp³-hybridized carbons (Fsp3) is 0.133. The molecule has 1 aliphatic rings. The quantitative estimate of drug-likeness (QED) is 0.0592. The molecule has 15 aromatic rings. The molecule has 5 nitrogen and oxygen atoms in total. The van der Waals surface area contributed by atoms with Crippen LogP contribution in [0.15, 0.2) is 285 Å². The monoisotopic (exact) mass is 1480 g/mol. The molecule has 0 bridgehead atoms. The minimum atomic E-state index is -6.52. The van der Waals surface area contributed by atoms with E-state index in [0.717, 1.165) is 27.4 Å². The van der Waals surface area contributed by atoms with Gasteiger partial charge in [0.2, 0.25) is 0 Å². The van der Waals surface area contributed by atoms with Crippen LogP contribution in [0.1, 0.15) is 116 Å². The van der Waals surface area contributed by atoms with Crippen LogP contribution < -0.4 is 30.1 Å². The molecule has 0 fully saturated rings. The zero-order valence-electron chi connectivity index (χ0n) is 81.1. The number of rotatable bonds is 10. The number of imidazole rings is 1. The van der Waals surface area contributed by atoms with Crippen molar-refractivity contribution in [3.05, 3.63) is 320 Å². The first-order valence-electron chi connectivity index (χ1n) is 44.7. The number of para-hydroxylation sites is 1. The van der Waals surface area contributed by atoms with Gasteiger partial charge in [-0.3, -0.25) is 4.57 Å².